The summed E-state index contributed by atoms with van der Waals surface area (Å²) in [5.41, 5.74) is 6.08. The number of benzene rings is 4. The van der Waals surface area contributed by atoms with Gasteiger partial charge in [-0.2, -0.15) is 0 Å². The van der Waals surface area contributed by atoms with Gasteiger partial charge in [-0.05, 0) is 34.0 Å². The topological polar surface area (TPSA) is 56.7 Å². The number of fused-ring (bicyclic) bond motifs is 12. The summed E-state index contributed by atoms with van der Waals surface area (Å²) >= 11 is 0. The molecule has 9 rings (SSSR count). The maximum atomic E-state index is 6.39. The summed E-state index contributed by atoms with van der Waals surface area (Å²) in [6.45, 7) is 0. The quantitative estimate of drug-likeness (QED) is 0.137. The number of imidazole rings is 2. The molecule has 0 aliphatic heterocycles. The molecule has 7 heteroatoms. The molecule has 5 aromatic heterocycles. The molecule has 6 nitrogen and oxygen atoms in total. The Morgan fingerprint density at radius 2 is 1.29 bits per heavy atom. The van der Waals surface area contributed by atoms with Gasteiger partial charge in [0.2, 0.25) is 0 Å². The first kappa shape index (κ1) is 24.7. The van der Waals surface area contributed by atoms with Crippen molar-refractivity contribution in [2.45, 2.75) is 0 Å². The number of pyridine rings is 3. The molecule has 200 valence electrons. The minimum absolute atomic E-state index is 0. The van der Waals surface area contributed by atoms with Crippen molar-refractivity contribution >= 4 is 54.6 Å². The van der Waals surface area contributed by atoms with Gasteiger partial charge in [-0.25, -0.2) is 0 Å². The Kier molecular flexibility index (Phi) is 5.59. The SMILES string of the molecule is [Pt+2].[c-]1c(Oc2[c-]c3c(cc2)c2c(-c4ccccc4)cccc2n2ccnc32)ccc2c1c1nccn1c1cnccc21. The van der Waals surface area contributed by atoms with Crippen LogP contribution in [0.15, 0.2) is 116 Å². The van der Waals surface area contributed by atoms with Crippen molar-refractivity contribution < 1.29 is 25.8 Å². The summed E-state index contributed by atoms with van der Waals surface area (Å²) < 4.78 is 10.6. The van der Waals surface area contributed by atoms with Crippen LogP contribution in [-0.2, 0) is 21.1 Å². The van der Waals surface area contributed by atoms with Crippen molar-refractivity contribution in [1.29, 1.82) is 0 Å². The monoisotopic (exact) mass is 720 g/mol. The normalized spacial score (nSPS) is 11.6. The standard InChI is InChI=1S/C35H19N5O.Pt/c1-2-5-22(6-3-1)25-7-4-8-31-33(25)28-12-10-24(20-30(28)35-38-15-17-39(31)35)41-23-9-11-26-27-13-14-36-21-32(27)40-18-16-37-34(40)29(26)19-23;/h1-18,21H;/q-2;+2. The predicted octanol–water partition coefficient (Wildman–Crippen LogP) is 8.05. The zero-order valence-corrected chi connectivity index (χ0v) is 24.2. The fourth-order valence-electron chi connectivity index (χ4n) is 6.03. The largest absolute Gasteiger partial charge is 2.00 e. The van der Waals surface area contributed by atoms with Crippen LogP contribution in [0.4, 0.5) is 0 Å². The molecule has 0 aliphatic rings. The molecule has 0 N–H and O–H groups in total. The average molecular weight is 721 g/mol. The van der Waals surface area contributed by atoms with Crippen LogP contribution >= 0.6 is 0 Å². The van der Waals surface area contributed by atoms with Gasteiger partial charge in [-0.15, -0.1) is 12.1 Å². The van der Waals surface area contributed by atoms with Crippen molar-refractivity contribution in [2.24, 2.45) is 0 Å². The molecule has 5 heterocycles. The first-order valence-electron chi connectivity index (χ1n) is 13.4. The maximum absolute atomic E-state index is 6.39. The molecule has 0 atom stereocenters. The van der Waals surface area contributed by atoms with E-state index >= 15 is 0 Å². The van der Waals surface area contributed by atoms with E-state index in [-0.39, 0.29) is 21.1 Å². The van der Waals surface area contributed by atoms with Gasteiger partial charge in [0.25, 0.3) is 0 Å². The second kappa shape index (κ2) is 9.50. The molecule has 4 aromatic carbocycles. The number of ether oxygens (including phenoxy) is 1. The molecule has 9 aromatic rings. The minimum atomic E-state index is 0. The first-order chi connectivity index (χ1) is 20.3. The summed E-state index contributed by atoms with van der Waals surface area (Å²) in [4.78, 5) is 13.6. The van der Waals surface area contributed by atoms with Gasteiger partial charge in [-0.3, -0.25) is 15.0 Å². The van der Waals surface area contributed by atoms with E-state index in [0.717, 1.165) is 54.6 Å². The molecular weight excluding hydrogens is 701 g/mol. The zero-order valence-electron chi connectivity index (χ0n) is 21.9. The molecule has 42 heavy (non-hydrogen) atoms. The molecule has 0 bridgehead atoms. The van der Waals surface area contributed by atoms with Gasteiger partial charge < -0.3 is 13.5 Å². The molecule has 0 saturated heterocycles. The number of rotatable bonds is 3. The molecule has 0 unspecified atom stereocenters. The van der Waals surface area contributed by atoms with Gasteiger partial charge in [0.15, 0.2) is 0 Å². The van der Waals surface area contributed by atoms with E-state index in [1.165, 1.54) is 11.1 Å². The van der Waals surface area contributed by atoms with Crippen molar-refractivity contribution in [3.05, 3.63) is 128 Å². The van der Waals surface area contributed by atoms with Gasteiger partial charge in [0, 0.05) is 54.2 Å². The fourth-order valence-corrected chi connectivity index (χ4v) is 6.03. The summed E-state index contributed by atoms with van der Waals surface area (Å²) in [7, 11) is 0. The number of nitrogens with zero attached hydrogens (tertiary/aromatic N) is 5. The third kappa shape index (κ3) is 3.59. The second-order valence-corrected chi connectivity index (χ2v) is 10.0. The Hall–Kier alpha value is -5.06. The fraction of sp³-hybridized carbons (Fsp3) is 0. The van der Waals surface area contributed by atoms with Gasteiger partial charge >= 0.3 is 21.1 Å². The van der Waals surface area contributed by atoms with Crippen LogP contribution in [-0.4, -0.2) is 23.8 Å². The van der Waals surface area contributed by atoms with Crippen LogP contribution in [0.3, 0.4) is 0 Å². The number of hydrogen-bond donors (Lipinski definition) is 0. The Bertz CT molecular complexity index is 2460. The van der Waals surface area contributed by atoms with Crippen molar-refractivity contribution in [2.75, 3.05) is 0 Å². The summed E-state index contributed by atoms with van der Waals surface area (Å²) in [6, 6.07) is 34.0. The average Bonchev–Trinajstić information content (AvgIpc) is 3.73. The summed E-state index contributed by atoms with van der Waals surface area (Å²) in [6.07, 6.45) is 11.2. The zero-order chi connectivity index (χ0) is 26.9. The van der Waals surface area contributed by atoms with Crippen LogP contribution in [0.5, 0.6) is 11.5 Å². The van der Waals surface area contributed by atoms with Crippen LogP contribution < -0.4 is 4.74 Å². The molecular formula is C35H19N5OPt. The molecule has 0 fully saturated rings. The van der Waals surface area contributed by atoms with Crippen molar-refractivity contribution in [3.63, 3.8) is 0 Å². The van der Waals surface area contributed by atoms with Crippen LogP contribution in [0.1, 0.15) is 0 Å². The summed E-state index contributed by atoms with van der Waals surface area (Å²) in [5, 5.41) is 6.16. The Morgan fingerprint density at radius 1 is 0.595 bits per heavy atom. The Balaban J connectivity index is 0.00000267. The van der Waals surface area contributed by atoms with E-state index in [1.807, 2.05) is 59.7 Å². The predicted molar refractivity (Wildman–Crippen MR) is 161 cm³/mol. The first-order valence-corrected chi connectivity index (χ1v) is 13.4. The molecule has 0 radical (unpaired) electrons. The van der Waals surface area contributed by atoms with E-state index in [9.17, 15) is 0 Å². The van der Waals surface area contributed by atoms with Gasteiger partial charge in [0.05, 0.1) is 16.8 Å². The summed E-state index contributed by atoms with van der Waals surface area (Å²) in [5.74, 6) is 1.19. The second-order valence-electron chi connectivity index (χ2n) is 10.0. The Labute approximate surface area is 254 Å². The van der Waals surface area contributed by atoms with E-state index in [2.05, 4.69) is 81.1 Å². The van der Waals surface area contributed by atoms with E-state index < -0.39 is 0 Å². The minimum Gasteiger partial charge on any atom is -0.497 e. The third-order valence-electron chi connectivity index (χ3n) is 7.79. The molecule has 0 saturated carbocycles. The number of aromatic nitrogens is 5. The van der Waals surface area contributed by atoms with Crippen LogP contribution in [0, 0.1) is 12.1 Å². The third-order valence-corrected chi connectivity index (χ3v) is 7.79. The van der Waals surface area contributed by atoms with E-state index in [0.29, 0.717) is 11.5 Å². The number of hydrogen-bond acceptors (Lipinski definition) is 4. The van der Waals surface area contributed by atoms with Crippen molar-refractivity contribution in [3.8, 4) is 22.6 Å². The van der Waals surface area contributed by atoms with Crippen LogP contribution in [0.25, 0.3) is 65.8 Å². The van der Waals surface area contributed by atoms with Crippen molar-refractivity contribution in [1.82, 2.24) is 23.8 Å². The van der Waals surface area contributed by atoms with E-state index in [1.54, 1.807) is 6.20 Å². The van der Waals surface area contributed by atoms with E-state index in [4.69, 9.17) is 9.72 Å². The van der Waals surface area contributed by atoms with Gasteiger partial charge in [0.1, 0.15) is 0 Å². The molecule has 0 spiro atoms. The van der Waals surface area contributed by atoms with Crippen LogP contribution in [0.2, 0.25) is 0 Å². The maximum Gasteiger partial charge on any atom is 2.00 e. The molecule has 0 amide bonds. The smallest absolute Gasteiger partial charge is 0.497 e. The molecule has 0 aliphatic carbocycles. The van der Waals surface area contributed by atoms with Gasteiger partial charge in [-0.1, -0.05) is 88.3 Å². The Morgan fingerprint density at radius 3 is 2.05 bits per heavy atom.